The molecule has 0 radical (unpaired) electrons. The average Bonchev–Trinajstić information content (AvgIpc) is 1.68. The fourth-order valence-electron chi connectivity index (χ4n) is 11.9. The fourth-order valence-corrected chi connectivity index (χ4v) is 13.0. The Morgan fingerprint density at radius 1 is 0.379 bits per heavy atom. The minimum Gasteiger partial charge on any atom is -0.390 e. The van der Waals surface area contributed by atoms with Crippen molar-refractivity contribution < 1.29 is 134 Å². The zero-order valence-corrected chi connectivity index (χ0v) is 75.7. The number of aliphatic hydroxyl groups is 1. The summed E-state index contributed by atoms with van der Waals surface area (Å²) < 4.78 is 58.1. The van der Waals surface area contributed by atoms with E-state index in [1.54, 1.807) is 0 Å². The van der Waals surface area contributed by atoms with Crippen LogP contribution in [-0.4, -0.2) is 514 Å². The van der Waals surface area contributed by atoms with Crippen LogP contribution in [0.15, 0.2) is 0 Å². The van der Waals surface area contributed by atoms with E-state index in [0.717, 1.165) is 53.9 Å². The molecule has 0 aromatic heterocycles. The molecule has 2 atom stereocenters. The first kappa shape index (κ1) is 114. The summed E-state index contributed by atoms with van der Waals surface area (Å²) in [6.07, 6.45) is 0.422. The number of nitrogens with zero attached hydrogens (tertiary/aromatic N) is 13. The molecule has 0 saturated carbocycles. The van der Waals surface area contributed by atoms with E-state index in [1.807, 2.05) is 13.8 Å². The van der Waals surface area contributed by atoms with E-state index in [2.05, 4.69) is 5.32 Å². The zero-order chi connectivity index (χ0) is 92.9. The lowest BCUT2D eigenvalue weighted by molar-refractivity contribution is -0.150. The molecule has 8 N–H and O–H groups in total. The van der Waals surface area contributed by atoms with E-state index < -0.39 is 178 Å². The molecule has 1 aliphatic rings. The van der Waals surface area contributed by atoms with Crippen molar-refractivity contribution in [1.29, 1.82) is 0 Å². The number of nitrogens with two attached hydrogens (primary N) is 3. The second-order valence-corrected chi connectivity index (χ2v) is 30.4. The van der Waals surface area contributed by atoms with Crippen molar-refractivity contribution in [2.75, 3.05) is 339 Å². The third-order valence-corrected chi connectivity index (χ3v) is 20.4. The third-order valence-electron chi connectivity index (χ3n) is 19.0. The van der Waals surface area contributed by atoms with Crippen molar-refractivity contribution in [3.8, 4) is 0 Å². The van der Waals surface area contributed by atoms with Crippen molar-refractivity contribution >= 4 is 106 Å². The molecule has 2 unspecified atom stereocenters. The van der Waals surface area contributed by atoms with Crippen LogP contribution in [0.2, 0.25) is 0 Å². The second kappa shape index (κ2) is 67.8. The summed E-state index contributed by atoms with van der Waals surface area (Å²) in [5, 5.41) is 12.4. The van der Waals surface area contributed by atoms with Gasteiger partial charge >= 0.3 is 0 Å². The molecular formula is C78H141N17O28S. The van der Waals surface area contributed by atoms with Crippen LogP contribution in [-0.2, 0) is 129 Å². The molecule has 45 nitrogen and oxygen atoms in total. The Balaban J connectivity index is 3.35. The molecule has 712 valence electrons. The predicted molar refractivity (Wildman–Crippen MR) is 450 cm³/mol. The lowest BCUT2D eigenvalue weighted by Crippen LogP contribution is -2.54. The number of rotatable bonds is 74. The molecule has 1 fully saturated rings. The highest BCUT2D eigenvalue weighted by Gasteiger charge is 2.40. The molecule has 0 aromatic carbocycles. The van der Waals surface area contributed by atoms with Crippen LogP contribution in [0.3, 0.4) is 0 Å². The van der Waals surface area contributed by atoms with Crippen LogP contribution in [0.25, 0.3) is 0 Å². The summed E-state index contributed by atoms with van der Waals surface area (Å²) in [6.45, 7) is -5.10. The maximum atomic E-state index is 14.6. The van der Waals surface area contributed by atoms with E-state index >= 15 is 0 Å². The normalized spacial score (nSPS) is 12.7. The van der Waals surface area contributed by atoms with Gasteiger partial charge in [0.15, 0.2) is 0 Å². The number of aliphatic hydroxyl groups excluding tert-OH is 1. The van der Waals surface area contributed by atoms with E-state index in [-0.39, 0.29) is 208 Å². The van der Waals surface area contributed by atoms with Crippen LogP contribution in [0.1, 0.15) is 52.4 Å². The standard InChI is InChI=1S/C78H141N17O28S/c1-60(2)57-123-58-61(96)59-124-62-44-66(100)95(78(62)112)21-17-64(98)82-20-15-13-14-16-65(99)86(25-35-114-4)48-72(106)87(26-36-115-5)49-67(101)83(22-18-79)46-71(105)91(30-40-119-9)53-75(109)93(32-42-121-11)55-77(111)94(33-43-122-12)56-76(110)92(31-41-120-10)54-73(107)88(27-37-116-6)50-68(102)84(23-19-80)47-70(104)90(29-39-118-8)52-74(108)89(28-38-117-7)51-69(103)85(24-34-113-3)45-63(81)97/h60-62,96H,13-59,79-80H2,1-12H3,(H2,81,97)(H,82,98). The lowest BCUT2D eigenvalue weighted by Gasteiger charge is -2.33. The van der Waals surface area contributed by atoms with E-state index in [4.69, 9.17) is 69.3 Å². The number of ether oxygens (including phenoxy) is 11. The molecule has 0 aromatic rings. The number of likely N-dealkylation sites (tertiary alicyclic amines) is 1. The number of imide groups is 1. The van der Waals surface area contributed by atoms with E-state index in [1.165, 1.54) is 92.7 Å². The highest BCUT2D eigenvalue weighted by molar-refractivity contribution is 8.00. The third kappa shape index (κ3) is 47.2. The Labute approximate surface area is 732 Å². The van der Waals surface area contributed by atoms with Crippen LogP contribution >= 0.6 is 11.8 Å². The van der Waals surface area contributed by atoms with Gasteiger partial charge in [0.25, 0.3) is 0 Å². The monoisotopic (exact) mass is 1800 g/mol. The fraction of sp³-hybridized carbons (Fsp3) is 0.795. The van der Waals surface area contributed by atoms with Gasteiger partial charge in [-0.2, -0.15) is 0 Å². The van der Waals surface area contributed by atoms with Crippen molar-refractivity contribution in [3.63, 3.8) is 0 Å². The van der Waals surface area contributed by atoms with Gasteiger partial charge in [-0.3, -0.25) is 81.6 Å². The molecule has 1 rings (SSSR count). The highest BCUT2D eigenvalue weighted by atomic mass is 32.2. The van der Waals surface area contributed by atoms with E-state index in [9.17, 15) is 81.8 Å². The topological polar surface area (TPSA) is 527 Å². The predicted octanol–water partition coefficient (Wildman–Crippen LogP) is -7.24. The summed E-state index contributed by atoms with van der Waals surface area (Å²) in [5.41, 5.74) is 17.4. The SMILES string of the molecule is COCCN(CC(N)=O)C(=O)CN(CCOC)C(=O)CN(CCOC)C(=O)CN(CCN)C(=O)CN(CCOC)C(=O)CN(CCOC)C(=O)CN(CCOC)C(=O)CN(CCOC)C(=O)CN(CCOC)C(=O)CN(CCN)C(=O)CN(CCOC)C(=O)CN(CCOC)C(=O)CCCCCNC(=O)CCN1C(=O)CC(SCC(O)COCC(C)C)C1=O. The maximum Gasteiger partial charge on any atom is 0.242 e. The number of carbonyl (C=O) groups is 16. The molecule has 1 saturated heterocycles. The van der Waals surface area contributed by atoms with Gasteiger partial charge in [-0.1, -0.05) is 20.3 Å². The Kier molecular flexibility index (Phi) is 62.1. The number of methoxy groups -OCH3 is 10. The molecule has 16 amide bonds. The minimum absolute atomic E-state index is 0.0103. The van der Waals surface area contributed by atoms with Crippen LogP contribution in [0, 0.1) is 5.92 Å². The number of hydrogen-bond acceptors (Lipinski definition) is 31. The molecule has 1 aliphatic heterocycles. The highest BCUT2D eigenvalue weighted by Crippen LogP contribution is 2.26. The van der Waals surface area contributed by atoms with Gasteiger partial charge in [-0.05, 0) is 18.8 Å². The van der Waals surface area contributed by atoms with Gasteiger partial charge in [0.05, 0.1) is 163 Å². The molecule has 0 aliphatic carbocycles. The first-order valence-corrected chi connectivity index (χ1v) is 42.3. The Bertz CT molecular complexity index is 3230. The van der Waals surface area contributed by atoms with Gasteiger partial charge < -0.3 is 139 Å². The zero-order valence-electron chi connectivity index (χ0n) is 74.9. The molecule has 1 heterocycles. The number of primary amides is 1. The lowest BCUT2D eigenvalue weighted by atomic mass is 10.1. The van der Waals surface area contributed by atoms with Crippen LogP contribution in [0.5, 0.6) is 0 Å². The Hall–Kier alpha value is -8.49. The molecule has 46 heteroatoms. The summed E-state index contributed by atoms with van der Waals surface area (Å²) in [5.74, 6) is -9.94. The maximum absolute atomic E-state index is 14.6. The first-order valence-electron chi connectivity index (χ1n) is 41.2. The van der Waals surface area contributed by atoms with Crippen molar-refractivity contribution in [2.45, 2.75) is 63.7 Å². The Morgan fingerprint density at radius 2 is 0.637 bits per heavy atom. The number of nitrogens with one attached hydrogen (secondary N) is 1. The molecule has 124 heavy (non-hydrogen) atoms. The summed E-state index contributed by atoms with van der Waals surface area (Å²) in [6, 6.07) is 0. The molecule has 0 spiro atoms. The number of thioether (sulfide) groups is 1. The molecular weight excluding hydrogens is 1660 g/mol. The van der Waals surface area contributed by atoms with Gasteiger partial charge in [0.1, 0.15) is 0 Å². The number of unbranched alkanes of at least 4 members (excludes halogenated alkanes) is 2. The van der Waals surface area contributed by atoms with Gasteiger partial charge in [-0.15, -0.1) is 11.8 Å². The van der Waals surface area contributed by atoms with Crippen LogP contribution in [0.4, 0.5) is 0 Å². The van der Waals surface area contributed by atoms with E-state index in [0.29, 0.717) is 31.8 Å². The van der Waals surface area contributed by atoms with Gasteiger partial charge in [-0.25, -0.2) is 0 Å². The largest absolute Gasteiger partial charge is 0.390 e. The quantitative estimate of drug-likeness (QED) is 0.0279. The average molecular weight is 1800 g/mol. The van der Waals surface area contributed by atoms with Crippen molar-refractivity contribution in [3.05, 3.63) is 0 Å². The number of carbonyl (C=O) groups excluding carboxylic acids is 16. The second-order valence-electron chi connectivity index (χ2n) is 29.2. The Morgan fingerprint density at radius 3 is 0.887 bits per heavy atom. The minimum atomic E-state index is -0.808. The number of amides is 16. The summed E-state index contributed by atoms with van der Waals surface area (Å²) in [7, 11) is 13.7. The van der Waals surface area contributed by atoms with Gasteiger partial charge in [0.2, 0.25) is 94.5 Å². The first-order chi connectivity index (χ1) is 59.3. The van der Waals surface area contributed by atoms with Crippen LogP contribution < -0.4 is 22.5 Å². The number of hydrogen-bond donors (Lipinski definition) is 5. The molecule has 0 bridgehead atoms. The van der Waals surface area contributed by atoms with Gasteiger partial charge in [0, 0.05) is 207 Å². The summed E-state index contributed by atoms with van der Waals surface area (Å²) in [4.78, 5) is 236. The summed E-state index contributed by atoms with van der Waals surface area (Å²) >= 11 is 1.18. The van der Waals surface area contributed by atoms with Crippen molar-refractivity contribution in [1.82, 2.24) is 69.0 Å². The van der Waals surface area contributed by atoms with Crippen molar-refractivity contribution in [2.24, 2.45) is 23.1 Å². The smallest absolute Gasteiger partial charge is 0.242 e.